The first-order valence-electron chi connectivity index (χ1n) is 9.16. The third kappa shape index (κ3) is 6.02. The lowest BCUT2D eigenvalue weighted by Crippen LogP contribution is -2.39. The minimum atomic E-state index is 0. The van der Waals surface area contributed by atoms with Gasteiger partial charge in [0.25, 0.3) is 0 Å². The number of nitrogens with zero attached hydrogens (tertiary/aromatic N) is 3. The fraction of sp³-hybridized carbons (Fsp3) is 0.500. The minimum absolute atomic E-state index is 0. The van der Waals surface area contributed by atoms with E-state index in [0.717, 1.165) is 43.0 Å². The second kappa shape index (κ2) is 11.4. The molecule has 2 heterocycles. The van der Waals surface area contributed by atoms with E-state index in [-0.39, 0.29) is 24.0 Å². The van der Waals surface area contributed by atoms with Gasteiger partial charge in [-0.2, -0.15) is 0 Å². The SMILES string of the molecule is CN=C(NCc1cccc2cccnc12)N1CCC(COCCOC)C1.I. The molecular formula is C20H29IN4O2. The third-order valence-electron chi connectivity index (χ3n) is 4.74. The van der Waals surface area contributed by atoms with E-state index in [0.29, 0.717) is 25.7 Å². The molecule has 1 aliphatic rings. The summed E-state index contributed by atoms with van der Waals surface area (Å²) in [6, 6.07) is 10.3. The number of hydrogen-bond acceptors (Lipinski definition) is 4. The molecule has 2 aromatic rings. The predicted octanol–water partition coefficient (Wildman–Crippen LogP) is 2.91. The molecule has 1 aromatic carbocycles. The second-order valence-electron chi connectivity index (χ2n) is 6.56. The maximum Gasteiger partial charge on any atom is 0.193 e. The molecule has 1 aliphatic heterocycles. The van der Waals surface area contributed by atoms with Gasteiger partial charge in [-0.15, -0.1) is 24.0 Å². The predicted molar refractivity (Wildman–Crippen MR) is 120 cm³/mol. The van der Waals surface area contributed by atoms with E-state index in [1.807, 2.05) is 19.3 Å². The molecule has 0 radical (unpaired) electrons. The Hall–Kier alpha value is -1.45. The van der Waals surface area contributed by atoms with Crippen molar-refractivity contribution in [2.45, 2.75) is 13.0 Å². The number of para-hydroxylation sites is 1. The fourth-order valence-electron chi connectivity index (χ4n) is 3.37. The van der Waals surface area contributed by atoms with Crippen LogP contribution < -0.4 is 5.32 Å². The van der Waals surface area contributed by atoms with Crippen LogP contribution in [0.15, 0.2) is 41.5 Å². The number of likely N-dealkylation sites (tertiary alicyclic amines) is 1. The smallest absolute Gasteiger partial charge is 0.193 e. The molecule has 0 spiro atoms. The maximum absolute atomic E-state index is 5.68. The summed E-state index contributed by atoms with van der Waals surface area (Å²) in [5.74, 6) is 1.49. The van der Waals surface area contributed by atoms with Crippen molar-refractivity contribution in [1.29, 1.82) is 0 Å². The van der Waals surface area contributed by atoms with E-state index in [2.05, 4.69) is 44.5 Å². The molecule has 1 aromatic heterocycles. The summed E-state index contributed by atoms with van der Waals surface area (Å²) in [5.41, 5.74) is 2.23. The molecule has 0 aliphatic carbocycles. The topological polar surface area (TPSA) is 59.0 Å². The van der Waals surface area contributed by atoms with Crippen LogP contribution in [0.25, 0.3) is 10.9 Å². The maximum atomic E-state index is 5.68. The Bertz CT molecular complexity index is 735. The first-order chi connectivity index (χ1) is 12.8. The summed E-state index contributed by atoms with van der Waals surface area (Å²) in [6.07, 6.45) is 2.97. The van der Waals surface area contributed by atoms with E-state index < -0.39 is 0 Å². The lowest BCUT2D eigenvalue weighted by atomic mass is 10.1. The van der Waals surface area contributed by atoms with Crippen LogP contribution in [-0.4, -0.2) is 62.9 Å². The Morgan fingerprint density at radius 2 is 2.15 bits per heavy atom. The monoisotopic (exact) mass is 484 g/mol. The van der Waals surface area contributed by atoms with Crippen LogP contribution in [0.4, 0.5) is 0 Å². The Labute approximate surface area is 178 Å². The molecule has 1 fully saturated rings. The molecule has 148 valence electrons. The van der Waals surface area contributed by atoms with Crippen LogP contribution in [0, 0.1) is 5.92 Å². The Morgan fingerprint density at radius 3 is 2.96 bits per heavy atom. The normalized spacial score (nSPS) is 17.2. The van der Waals surface area contributed by atoms with Crippen molar-refractivity contribution in [2.24, 2.45) is 10.9 Å². The van der Waals surface area contributed by atoms with Crippen LogP contribution in [0.1, 0.15) is 12.0 Å². The van der Waals surface area contributed by atoms with Crippen LogP contribution >= 0.6 is 24.0 Å². The number of benzene rings is 1. The van der Waals surface area contributed by atoms with Gasteiger partial charge in [0.2, 0.25) is 0 Å². The molecule has 27 heavy (non-hydrogen) atoms. The summed E-state index contributed by atoms with van der Waals surface area (Å²) in [4.78, 5) is 11.3. The van der Waals surface area contributed by atoms with Crippen molar-refractivity contribution >= 4 is 40.8 Å². The lowest BCUT2D eigenvalue weighted by Gasteiger charge is -2.22. The van der Waals surface area contributed by atoms with Gasteiger partial charge in [0.15, 0.2) is 5.96 Å². The van der Waals surface area contributed by atoms with Crippen LogP contribution in [-0.2, 0) is 16.0 Å². The Morgan fingerprint density at radius 1 is 1.30 bits per heavy atom. The van der Waals surface area contributed by atoms with Gasteiger partial charge < -0.3 is 19.7 Å². The number of aliphatic imine (C=N–C) groups is 1. The zero-order valence-corrected chi connectivity index (χ0v) is 18.4. The Kier molecular flexibility index (Phi) is 9.23. The number of methoxy groups -OCH3 is 1. The number of rotatable bonds is 7. The quantitative estimate of drug-likeness (QED) is 0.284. The second-order valence-corrected chi connectivity index (χ2v) is 6.56. The standard InChI is InChI=1S/C20H28N4O2.HI/c1-21-20(24-10-8-16(14-24)15-26-12-11-25-2)23-13-18-6-3-5-17-7-4-9-22-19(17)18;/h3-7,9,16H,8,10-15H2,1-2H3,(H,21,23);1H. The largest absolute Gasteiger partial charge is 0.382 e. The summed E-state index contributed by atoms with van der Waals surface area (Å²) >= 11 is 0. The van der Waals surface area contributed by atoms with Gasteiger partial charge in [-0.05, 0) is 18.1 Å². The van der Waals surface area contributed by atoms with Crippen molar-refractivity contribution in [3.05, 3.63) is 42.1 Å². The summed E-state index contributed by atoms with van der Waals surface area (Å²) in [5, 5.41) is 4.66. The number of hydrogen-bond donors (Lipinski definition) is 1. The summed E-state index contributed by atoms with van der Waals surface area (Å²) in [7, 11) is 3.54. The molecule has 7 heteroatoms. The van der Waals surface area contributed by atoms with Gasteiger partial charge >= 0.3 is 0 Å². The first-order valence-corrected chi connectivity index (χ1v) is 9.16. The fourth-order valence-corrected chi connectivity index (χ4v) is 3.37. The highest BCUT2D eigenvalue weighted by Gasteiger charge is 2.25. The molecule has 1 atom stereocenters. The van der Waals surface area contributed by atoms with Crippen LogP contribution in [0.5, 0.6) is 0 Å². The van der Waals surface area contributed by atoms with E-state index in [1.54, 1.807) is 7.11 Å². The van der Waals surface area contributed by atoms with Crippen molar-refractivity contribution in [3.63, 3.8) is 0 Å². The number of fused-ring (bicyclic) bond motifs is 1. The average molecular weight is 484 g/mol. The molecule has 0 bridgehead atoms. The van der Waals surface area contributed by atoms with Gasteiger partial charge in [0, 0.05) is 51.3 Å². The van der Waals surface area contributed by atoms with Gasteiger partial charge in [-0.3, -0.25) is 9.98 Å². The molecule has 0 amide bonds. The highest BCUT2D eigenvalue weighted by Crippen LogP contribution is 2.18. The minimum Gasteiger partial charge on any atom is -0.382 e. The van der Waals surface area contributed by atoms with E-state index in [9.17, 15) is 0 Å². The molecule has 3 rings (SSSR count). The molecule has 1 saturated heterocycles. The Balaban J connectivity index is 0.00000261. The number of ether oxygens (including phenoxy) is 2. The molecule has 6 nitrogen and oxygen atoms in total. The highest BCUT2D eigenvalue weighted by atomic mass is 127. The lowest BCUT2D eigenvalue weighted by molar-refractivity contribution is 0.0536. The number of nitrogens with one attached hydrogen (secondary N) is 1. The number of guanidine groups is 1. The van der Waals surface area contributed by atoms with E-state index in [1.165, 1.54) is 5.56 Å². The van der Waals surface area contributed by atoms with Crippen LogP contribution in [0.2, 0.25) is 0 Å². The van der Waals surface area contributed by atoms with Gasteiger partial charge in [0.05, 0.1) is 25.3 Å². The first kappa shape index (κ1) is 21.8. The average Bonchev–Trinajstić information content (AvgIpc) is 3.14. The van der Waals surface area contributed by atoms with E-state index in [4.69, 9.17) is 9.47 Å². The van der Waals surface area contributed by atoms with Gasteiger partial charge in [-0.25, -0.2) is 0 Å². The highest BCUT2D eigenvalue weighted by molar-refractivity contribution is 14.0. The third-order valence-corrected chi connectivity index (χ3v) is 4.74. The molecular weight excluding hydrogens is 455 g/mol. The zero-order valence-electron chi connectivity index (χ0n) is 16.1. The summed E-state index contributed by atoms with van der Waals surface area (Å²) in [6.45, 7) is 4.79. The number of pyridine rings is 1. The molecule has 0 saturated carbocycles. The van der Waals surface area contributed by atoms with Crippen molar-refractivity contribution < 1.29 is 9.47 Å². The van der Waals surface area contributed by atoms with Gasteiger partial charge in [0.1, 0.15) is 0 Å². The van der Waals surface area contributed by atoms with Crippen LogP contribution in [0.3, 0.4) is 0 Å². The molecule has 1 unspecified atom stereocenters. The number of halogens is 1. The summed E-state index contributed by atoms with van der Waals surface area (Å²) < 4.78 is 10.7. The van der Waals surface area contributed by atoms with Crippen molar-refractivity contribution in [1.82, 2.24) is 15.2 Å². The van der Waals surface area contributed by atoms with Crippen molar-refractivity contribution in [2.75, 3.05) is 47.1 Å². The molecule has 1 N–H and O–H groups in total. The van der Waals surface area contributed by atoms with Gasteiger partial charge in [-0.1, -0.05) is 24.3 Å². The zero-order chi connectivity index (χ0) is 18.2. The van der Waals surface area contributed by atoms with Crippen molar-refractivity contribution in [3.8, 4) is 0 Å². The van der Waals surface area contributed by atoms with E-state index >= 15 is 0 Å². The number of aromatic nitrogens is 1.